The minimum Gasteiger partial charge on any atom is -0.378 e. The number of piperidine rings is 1. The molecule has 0 spiro atoms. The molecule has 3 nitrogen and oxygen atoms in total. The minimum atomic E-state index is 0.244. The van der Waals surface area contributed by atoms with Crippen molar-refractivity contribution in [3.63, 3.8) is 0 Å². The predicted molar refractivity (Wildman–Crippen MR) is 110 cm³/mol. The second kappa shape index (κ2) is 7.43. The lowest BCUT2D eigenvalue weighted by Crippen LogP contribution is -2.49. The number of amides is 1. The molecule has 2 aromatic rings. The average molecular weight is 369 g/mol. The number of anilines is 1. The van der Waals surface area contributed by atoms with Gasteiger partial charge in [-0.2, -0.15) is 0 Å². The zero-order valence-electron chi connectivity index (χ0n) is 15.8. The van der Waals surface area contributed by atoms with Crippen LogP contribution in [0.15, 0.2) is 35.7 Å². The number of rotatable bonds is 3. The maximum atomic E-state index is 13.2. The highest BCUT2D eigenvalue weighted by molar-refractivity contribution is 7.13. The Morgan fingerprint density at radius 2 is 1.81 bits per heavy atom. The van der Waals surface area contributed by atoms with Crippen LogP contribution in [0.5, 0.6) is 0 Å². The summed E-state index contributed by atoms with van der Waals surface area (Å²) >= 11 is 1.68. The van der Waals surface area contributed by atoms with Crippen LogP contribution in [0.3, 0.4) is 0 Å². The Morgan fingerprint density at radius 1 is 1.08 bits per heavy atom. The van der Waals surface area contributed by atoms with Crippen molar-refractivity contribution in [1.29, 1.82) is 0 Å². The van der Waals surface area contributed by atoms with Gasteiger partial charge < -0.3 is 9.80 Å². The molecule has 2 fully saturated rings. The highest BCUT2D eigenvalue weighted by Crippen LogP contribution is 2.37. The van der Waals surface area contributed by atoms with Crippen LogP contribution in [0, 0.1) is 5.92 Å². The van der Waals surface area contributed by atoms with Crippen LogP contribution in [-0.4, -0.2) is 37.5 Å². The zero-order chi connectivity index (χ0) is 18.1. The van der Waals surface area contributed by atoms with Crippen LogP contribution in [0.1, 0.15) is 48.9 Å². The Hall–Kier alpha value is -1.81. The molecule has 1 aliphatic carbocycles. The molecular weight excluding hydrogens is 340 g/mol. The van der Waals surface area contributed by atoms with E-state index in [9.17, 15) is 4.79 Å². The van der Waals surface area contributed by atoms with Crippen LogP contribution in [0.25, 0.3) is 10.4 Å². The maximum Gasteiger partial charge on any atom is 0.254 e. The number of benzene rings is 1. The van der Waals surface area contributed by atoms with E-state index in [-0.39, 0.29) is 5.91 Å². The van der Waals surface area contributed by atoms with Gasteiger partial charge in [0.05, 0.1) is 5.56 Å². The molecule has 1 aliphatic heterocycles. The van der Waals surface area contributed by atoms with Crippen molar-refractivity contribution < 1.29 is 4.79 Å². The molecule has 2 heterocycles. The number of nitrogens with zero attached hydrogens (tertiary/aromatic N) is 2. The fourth-order valence-corrected chi connectivity index (χ4v) is 5.46. The fraction of sp³-hybridized carbons (Fsp3) is 0.500. The summed E-state index contributed by atoms with van der Waals surface area (Å²) in [6, 6.07) is 11.1. The monoisotopic (exact) mass is 368 g/mol. The summed E-state index contributed by atoms with van der Waals surface area (Å²) in [5.41, 5.74) is 3.25. The van der Waals surface area contributed by atoms with Gasteiger partial charge in [-0.3, -0.25) is 4.79 Å². The number of hydrogen-bond acceptors (Lipinski definition) is 3. The van der Waals surface area contributed by atoms with Crippen LogP contribution < -0.4 is 4.90 Å². The lowest BCUT2D eigenvalue weighted by molar-refractivity contribution is 0.0391. The zero-order valence-corrected chi connectivity index (χ0v) is 16.6. The first-order valence-electron chi connectivity index (χ1n) is 9.81. The molecule has 1 aromatic heterocycles. The molecule has 1 aromatic carbocycles. The molecule has 0 bridgehead atoms. The van der Waals surface area contributed by atoms with Crippen molar-refractivity contribution in [2.24, 2.45) is 5.92 Å². The van der Waals surface area contributed by atoms with Crippen molar-refractivity contribution >= 4 is 22.9 Å². The Morgan fingerprint density at radius 3 is 2.58 bits per heavy atom. The largest absolute Gasteiger partial charge is 0.378 e. The van der Waals surface area contributed by atoms with Gasteiger partial charge in [0, 0.05) is 42.6 Å². The third kappa shape index (κ3) is 3.39. The highest BCUT2D eigenvalue weighted by Gasteiger charge is 2.36. The van der Waals surface area contributed by atoms with E-state index in [1.54, 1.807) is 11.3 Å². The summed E-state index contributed by atoms with van der Waals surface area (Å²) in [5, 5.41) is 2.05. The van der Waals surface area contributed by atoms with Crippen molar-refractivity contribution in [3.8, 4) is 10.4 Å². The normalized spacial score (nSPS) is 22.8. The van der Waals surface area contributed by atoms with Crippen molar-refractivity contribution in [3.05, 3.63) is 41.3 Å². The molecule has 2 unspecified atom stereocenters. The van der Waals surface area contributed by atoms with Gasteiger partial charge in [-0.05, 0) is 55.4 Å². The SMILES string of the molecule is CN(C)c1ccc(-c2cc(C(=O)N3CCCC4CCCCC43)cs2)cc1. The summed E-state index contributed by atoms with van der Waals surface area (Å²) in [7, 11) is 4.10. The molecule has 4 heteroatoms. The summed E-state index contributed by atoms with van der Waals surface area (Å²) in [5.74, 6) is 0.979. The molecule has 4 rings (SSSR count). The molecule has 1 amide bonds. The second-order valence-electron chi connectivity index (χ2n) is 7.89. The molecule has 0 radical (unpaired) electrons. The van der Waals surface area contributed by atoms with Crippen molar-refractivity contribution in [2.45, 2.75) is 44.6 Å². The van der Waals surface area contributed by atoms with Gasteiger partial charge in [-0.25, -0.2) is 0 Å². The average Bonchev–Trinajstić information content (AvgIpc) is 3.17. The van der Waals surface area contributed by atoms with Gasteiger partial charge in [0.1, 0.15) is 0 Å². The van der Waals surface area contributed by atoms with E-state index in [2.05, 4.69) is 40.1 Å². The van der Waals surface area contributed by atoms with E-state index in [1.807, 2.05) is 19.5 Å². The number of hydrogen-bond donors (Lipinski definition) is 0. The van der Waals surface area contributed by atoms with Gasteiger partial charge in [0.2, 0.25) is 0 Å². The summed E-state index contributed by atoms with van der Waals surface area (Å²) in [4.78, 5) is 18.6. The summed E-state index contributed by atoms with van der Waals surface area (Å²) in [6.07, 6.45) is 7.59. The minimum absolute atomic E-state index is 0.244. The molecule has 2 aliphatic rings. The highest BCUT2D eigenvalue weighted by atomic mass is 32.1. The maximum absolute atomic E-state index is 13.2. The van der Waals surface area contributed by atoms with Crippen LogP contribution in [-0.2, 0) is 0 Å². The molecule has 26 heavy (non-hydrogen) atoms. The molecule has 2 atom stereocenters. The summed E-state index contributed by atoms with van der Waals surface area (Å²) in [6.45, 7) is 0.933. The Bertz CT molecular complexity index is 763. The number of thiophene rings is 1. The Balaban J connectivity index is 1.52. The third-order valence-electron chi connectivity index (χ3n) is 6.02. The molecule has 1 saturated carbocycles. The van der Waals surface area contributed by atoms with Gasteiger partial charge in [-0.1, -0.05) is 25.0 Å². The first-order valence-corrected chi connectivity index (χ1v) is 10.7. The van der Waals surface area contributed by atoms with E-state index in [1.165, 1.54) is 48.2 Å². The standard InChI is InChI=1S/C22H28N2OS/c1-23(2)19-11-9-17(10-12-19)21-14-18(15-26-21)22(25)24-13-5-7-16-6-3-4-8-20(16)24/h9-12,14-16,20H,3-8,13H2,1-2H3. The Labute approximate surface area is 160 Å². The molecule has 0 N–H and O–H groups in total. The van der Waals surface area contributed by atoms with Crippen LogP contribution >= 0.6 is 11.3 Å². The van der Waals surface area contributed by atoms with Gasteiger partial charge in [0.15, 0.2) is 0 Å². The number of fused-ring (bicyclic) bond motifs is 1. The number of likely N-dealkylation sites (tertiary alicyclic amines) is 1. The van der Waals surface area contributed by atoms with Gasteiger partial charge in [-0.15, -0.1) is 11.3 Å². The lowest BCUT2D eigenvalue weighted by atomic mass is 9.78. The third-order valence-corrected chi connectivity index (χ3v) is 7.00. The predicted octanol–water partition coefficient (Wildman–Crippen LogP) is 5.28. The van der Waals surface area contributed by atoms with Crippen molar-refractivity contribution in [2.75, 3.05) is 25.5 Å². The van der Waals surface area contributed by atoms with Gasteiger partial charge >= 0.3 is 0 Å². The smallest absolute Gasteiger partial charge is 0.254 e. The quantitative estimate of drug-likeness (QED) is 0.736. The van der Waals surface area contributed by atoms with Gasteiger partial charge in [0.25, 0.3) is 5.91 Å². The van der Waals surface area contributed by atoms with E-state index in [0.717, 1.165) is 24.4 Å². The lowest BCUT2D eigenvalue weighted by Gasteiger charge is -2.44. The van der Waals surface area contributed by atoms with E-state index < -0.39 is 0 Å². The van der Waals surface area contributed by atoms with Crippen LogP contribution in [0.2, 0.25) is 0 Å². The fourth-order valence-electron chi connectivity index (χ4n) is 4.57. The number of carbonyl (C=O) groups excluding carboxylic acids is 1. The molecule has 1 saturated heterocycles. The van der Waals surface area contributed by atoms with E-state index >= 15 is 0 Å². The first kappa shape index (κ1) is 17.6. The first-order chi connectivity index (χ1) is 12.6. The summed E-state index contributed by atoms with van der Waals surface area (Å²) < 4.78 is 0. The molecular formula is C22H28N2OS. The topological polar surface area (TPSA) is 23.6 Å². The van der Waals surface area contributed by atoms with Crippen molar-refractivity contribution in [1.82, 2.24) is 4.90 Å². The number of carbonyl (C=O) groups is 1. The van der Waals surface area contributed by atoms with E-state index in [0.29, 0.717) is 6.04 Å². The second-order valence-corrected chi connectivity index (χ2v) is 8.80. The van der Waals surface area contributed by atoms with E-state index in [4.69, 9.17) is 0 Å². The molecule has 138 valence electrons. The Kier molecular flexibility index (Phi) is 5.03. The van der Waals surface area contributed by atoms with Crippen LogP contribution in [0.4, 0.5) is 5.69 Å².